The van der Waals surface area contributed by atoms with Crippen LogP contribution in [0.5, 0.6) is 5.75 Å². The van der Waals surface area contributed by atoms with Crippen LogP contribution < -0.4 is 10.1 Å². The Bertz CT molecular complexity index is 1120. The lowest BCUT2D eigenvalue weighted by atomic mass is 9.85. The van der Waals surface area contributed by atoms with Gasteiger partial charge in [0, 0.05) is 43.2 Å². The zero-order chi connectivity index (χ0) is 22.9. The van der Waals surface area contributed by atoms with Gasteiger partial charge in [-0.3, -0.25) is 4.79 Å². The Hall–Kier alpha value is -3.55. The topological polar surface area (TPSA) is 96.2 Å². The Labute approximate surface area is 186 Å². The molecular formula is C24H28N4O4. The lowest BCUT2D eigenvalue weighted by molar-refractivity contribution is 0.0950. The van der Waals surface area contributed by atoms with Crippen LogP contribution in [0.4, 0.5) is 4.79 Å². The molecule has 8 heteroatoms. The third-order valence-electron chi connectivity index (χ3n) is 5.84. The second kappa shape index (κ2) is 8.53. The fourth-order valence-corrected chi connectivity index (χ4v) is 4.14. The van der Waals surface area contributed by atoms with Crippen molar-refractivity contribution in [1.82, 2.24) is 19.6 Å². The molecule has 0 bridgehead atoms. The van der Waals surface area contributed by atoms with E-state index in [0.717, 1.165) is 11.2 Å². The zero-order valence-electron chi connectivity index (χ0n) is 18.5. The molecule has 1 aliphatic rings. The van der Waals surface area contributed by atoms with E-state index < -0.39 is 6.09 Å². The first-order valence-electron chi connectivity index (χ1n) is 10.7. The monoisotopic (exact) mass is 436 g/mol. The van der Waals surface area contributed by atoms with E-state index in [4.69, 9.17) is 4.74 Å². The molecule has 0 aliphatic carbocycles. The van der Waals surface area contributed by atoms with Gasteiger partial charge in [0.1, 0.15) is 17.5 Å². The van der Waals surface area contributed by atoms with Gasteiger partial charge in [-0.05, 0) is 47.4 Å². The SMILES string of the molecule is CC(C)(C)C1CC(Oc2ccc(C(=O)NCc3ccn4ccnc4c3)cc2)CN1C(=O)O. The summed E-state index contributed by atoms with van der Waals surface area (Å²) in [4.78, 5) is 29.8. The van der Waals surface area contributed by atoms with Crippen LogP contribution in [0.15, 0.2) is 55.0 Å². The number of ether oxygens (including phenoxy) is 1. The molecule has 1 aliphatic heterocycles. The van der Waals surface area contributed by atoms with Crippen LogP contribution in [0.3, 0.4) is 0 Å². The van der Waals surface area contributed by atoms with Crippen molar-refractivity contribution in [3.05, 3.63) is 66.1 Å². The predicted octanol–water partition coefficient (Wildman–Crippen LogP) is 3.81. The standard InChI is InChI=1S/C24H28N4O4/c1-24(2,3)20-13-19(15-28(20)23(30)31)32-18-6-4-17(5-7-18)22(29)26-14-16-8-10-27-11-9-25-21(27)12-16/h4-12,19-20H,13-15H2,1-3H3,(H,26,29)(H,30,31). The summed E-state index contributed by atoms with van der Waals surface area (Å²) < 4.78 is 7.94. The molecule has 0 radical (unpaired) electrons. The summed E-state index contributed by atoms with van der Waals surface area (Å²) in [6.45, 7) is 6.85. The molecule has 2 unspecified atom stereocenters. The molecular weight excluding hydrogens is 408 g/mol. The molecule has 2 amide bonds. The van der Waals surface area contributed by atoms with E-state index in [1.807, 2.05) is 49.7 Å². The third kappa shape index (κ3) is 4.69. The van der Waals surface area contributed by atoms with Crippen molar-refractivity contribution in [3.63, 3.8) is 0 Å². The van der Waals surface area contributed by atoms with Crippen molar-refractivity contribution in [1.29, 1.82) is 0 Å². The highest BCUT2D eigenvalue weighted by Gasteiger charge is 2.42. The number of likely N-dealkylation sites (tertiary alicyclic amines) is 1. The van der Waals surface area contributed by atoms with E-state index in [9.17, 15) is 14.7 Å². The van der Waals surface area contributed by atoms with Gasteiger partial charge >= 0.3 is 6.09 Å². The molecule has 0 spiro atoms. The molecule has 1 aromatic carbocycles. The summed E-state index contributed by atoms with van der Waals surface area (Å²) in [6, 6.07) is 10.7. The number of pyridine rings is 1. The van der Waals surface area contributed by atoms with Gasteiger partial charge in [-0.2, -0.15) is 0 Å². The van der Waals surface area contributed by atoms with Crippen molar-refractivity contribution in [2.24, 2.45) is 5.41 Å². The lowest BCUT2D eigenvalue weighted by Crippen LogP contribution is -2.42. The van der Waals surface area contributed by atoms with Crippen LogP contribution in [0.25, 0.3) is 5.65 Å². The zero-order valence-corrected chi connectivity index (χ0v) is 18.5. The number of carbonyl (C=O) groups excluding carboxylic acids is 1. The second-order valence-electron chi connectivity index (χ2n) is 9.23. The summed E-state index contributed by atoms with van der Waals surface area (Å²) in [5.41, 5.74) is 2.17. The van der Waals surface area contributed by atoms with Crippen LogP contribution in [-0.2, 0) is 6.54 Å². The number of carboxylic acid groups (broad SMARTS) is 1. The Kier molecular flexibility index (Phi) is 5.78. The molecule has 0 saturated carbocycles. The smallest absolute Gasteiger partial charge is 0.407 e. The van der Waals surface area contributed by atoms with Gasteiger partial charge in [0.25, 0.3) is 5.91 Å². The Balaban J connectivity index is 1.34. The Morgan fingerprint density at radius 3 is 2.59 bits per heavy atom. The van der Waals surface area contributed by atoms with Crippen LogP contribution in [0.1, 0.15) is 43.1 Å². The fraction of sp³-hybridized carbons (Fsp3) is 0.375. The number of hydrogen-bond acceptors (Lipinski definition) is 4. The molecule has 3 heterocycles. The molecule has 168 valence electrons. The van der Waals surface area contributed by atoms with Crippen LogP contribution in [0.2, 0.25) is 0 Å². The van der Waals surface area contributed by atoms with Crippen molar-refractivity contribution >= 4 is 17.6 Å². The number of hydrogen-bond donors (Lipinski definition) is 2. The van der Waals surface area contributed by atoms with E-state index in [1.165, 1.54) is 4.90 Å². The number of fused-ring (bicyclic) bond motifs is 1. The number of benzene rings is 1. The maximum absolute atomic E-state index is 12.5. The Morgan fingerprint density at radius 1 is 1.19 bits per heavy atom. The van der Waals surface area contributed by atoms with Crippen LogP contribution in [-0.4, -0.2) is 50.1 Å². The van der Waals surface area contributed by atoms with Crippen molar-refractivity contribution in [2.45, 2.75) is 45.9 Å². The first-order valence-corrected chi connectivity index (χ1v) is 10.7. The minimum atomic E-state index is -0.921. The molecule has 2 atom stereocenters. The van der Waals surface area contributed by atoms with E-state index in [-0.39, 0.29) is 23.5 Å². The highest BCUT2D eigenvalue weighted by Crippen LogP contribution is 2.34. The lowest BCUT2D eigenvalue weighted by Gasteiger charge is -2.32. The van der Waals surface area contributed by atoms with E-state index in [2.05, 4.69) is 10.3 Å². The maximum Gasteiger partial charge on any atom is 0.407 e. The minimum Gasteiger partial charge on any atom is -0.489 e. The molecule has 3 aromatic rings. The van der Waals surface area contributed by atoms with E-state index >= 15 is 0 Å². The van der Waals surface area contributed by atoms with Crippen molar-refractivity contribution in [2.75, 3.05) is 6.54 Å². The first kappa shape index (κ1) is 21.7. The molecule has 1 saturated heterocycles. The summed E-state index contributed by atoms with van der Waals surface area (Å²) in [5, 5.41) is 12.4. The van der Waals surface area contributed by atoms with E-state index in [1.54, 1.807) is 30.5 Å². The highest BCUT2D eigenvalue weighted by molar-refractivity contribution is 5.94. The third-order valence-corrected chi connectivity index (χ3v) is 5.84. The maximum atomic E-state index is 12.5. The first-order chi connectivity index (χ1) is 15.2. The van der Waals surface area contributed by atoms with Crippen molar-refractivity contribution < 1.29 is 19.4 Å². The predicted molar refractivity (Wildman–Crippen MR) is 120 cm³/mol. The number of rotatable bonds is 5. The normalized spacial score (nSPS) is 18.7. The van der Waals surface area contributed by atoms with Crippen LogP contribution >= 0.6 is 0 Å². The average molecular weight is 437 g/mol. The molecule has 8 nitrogen and oxygen atoms in total. The van der Waals surface area contributed by atoms with Gasteiger partial charge in [-0.25, -0.2) is 9.78 Å². The molecule has 4 rings (SSSR count). The van der Waals surface area contributed by atoms with Gasteiger partial charge < -0.3 is 24.5 Å². The number of nitrogens with one attached hydrogen (secondary N) is 1. The summed E-state index contributed by atoms with van der Waals surface area (Å²) >= 11 is 0. The van der Waals surface area contributed by atoms with Gasteiger partial charge in [0.15, 0.2) is 0 Å². The summed E-state index contributed by atoms with van der Waals surface area (Å²) in [5.74, 6) is 0.446. The minimum absolute atomic E-state index is 0.101. The molecule has 32 heavy (non-hydrogen) atoms. The number of amides is 2. The van der Waals surface area contributed by atoms with Gasteiger partial charge in [0.05, 0.1) is 6.54 Å². The van der Waals surface area contributed by atoms with E-state index in [0.29, 0.717) is 30.8 Å². The molecule has 1 fully saturated rings. The fourth-order valence-electron chi connectivity index (χ4n) is 4.14. The second-order valence-corrected chi connectivity index (χ2v) is 9.23. The number of nitrogens with zero attached hydrogens (tertiary/aromatic N) is 3. The van der Waals surface area contributed by atoms with Crippen molar-refractivity contribution in [3.8, 4) is 5.75 Å². The summed E-state index contributed by atoms with van der Waals surface area (Å²) in [6.07, 6.45) is 5.01. The highest BCUT2D eigenvalue weighted by atomic mass is 16.5. The Morgan fingerprint density at radius 2 is 1.94 bits per heavy atom. The van der Waals surface area contributed by atoms with Crippen LogP contribution in [0, 0.1) is 5.41 Å². The quantitative estimate of drug-likeness (QED) is 0.634. The summed E-state index contributed by atoms with van der Waals surface area (Å²) in [7, 11) is 0. The van der Waals surface area contributed by atoms with Gasteiger partial charge in [0.2, 0.25) is 0 Å². The van der Waals surface area contributed by atoms with Gasteiger partial charge in [-0.1, -0.05) is 20.8 Å². The largest absolute Gasteiger partial charge is 0.489 e. The number of imidazole rings is 1. The molecule has 2 aromatic heterocycles. The number of carbonyl (C=O) groups is 2. The average Bonchev–Trinajstić information content (AvgIpc) is 3.39. The molecule has 2 N–H and O–H groups in total. The number of aromatic nitrogens is 2. The van der Waals surface area contributed by atoms with Gasteiger partial charge in [-0.15, -0.1) is 0 Å².